The molecule has 1 saturated heterocycles. The topological polar surface area (TPSA) is 94.5 Å². The van der Waals surface area contributed by atoms with E-state index in [1.54, 1.807) is 19.3 Å². The molecule has 1 unspecified atom stereocenters. The summed E-state index contributed by atoms with van der Waals surface area (Å²) in [6.45, 7) is 4.02. The molecule has 1 fully saturated rings. The maximum absolute atomic E-state index is 12.1. The van der Waals surface area contributed by atoms with Crippen LogP contribution in [0.1, 0.15) is 18.5 Å². The molecular formula is C20H27ClIN7O. The second kappa shape index (κ2) is 11.9. The van der Waals surface area contributed by atoms with Gasteiger partial charge in [-0.2, -0.15) is 0 Å². The first-order valence-corrected chi connectivity index (χ1v) is 9.99. The zero-order chi connectivity index (χ0) is 20.6. The number of hydrogen-bond donors (Lipinski definition) is 3. The Morgan fingerprint density at radius 2 is 2.17 bits per heavy atom. The van der Waals surface area contributed by atoms with Crippen molar-refractivity contribution >= 4 is 59.1 Å². The molecule has 3 N–H and O–H groups in total. The van der Waals surface area contributed by atoms with Gasteiger partial charge in [-0.25, -0.2) is 9.97 Å². The fraction of sp³-hybridized carbons (Fsp3) is 0.400. The maximum atomic E-state index is 12.1. The van der Waals surface area contributed by atoms with Crippen LogP contribution in [0, 0.1) is 6.92 Å². The van der Waals surface area contributed by atoms with Crippen LogP contribution < -0.4 is 20.9 Å². The number of nitrogens with zero attached hydrogens (tertiary/aromatic N) is 4. The van der Waals surface area contributed by atoms with Gasteiger partial charge in [0.1, 0.15) is 11.6 Å². The minimum atomic E-state index is -0.0945. The number of guanidine groups is 1. The fourth-order valence-corrected chi connectivity index (χ4v) is 3.42. The predicted molar refractivity (Wildman–Crippen MR) is 132 cm³/mol. The van der Waals surface area contributed by atoms with E-state index in [0.29, 0.717) is 29.8 Å². The number of anilines is 2. The van der Waals surface area contributed by atoms with Crippen LogP contribution in [0.5, 0.6) is 0 Å². The zero-order valence-corrected chi connectivity index (χ0v) is 20.1. The molecule has 1 aliphatic rings. The molecule has 0 radical (unpaired) electrons. The van der Waals surface area contributed by atoms with Crippen molar-refractivity contribution in [2.45, 2.75) is 25.8 Å². The molecule has 2 aromatic rings. The highest BCUT2D eigenvalue weighted by molar-refractivity contribution is 14.0. The van der Waals surface area contributed by atoms with E-state index in [-0.39, 0.29) is 35.9 Å². The van der Waals surface area contributed by atoms with Gasteiger partial charge in [0.15, 0.2) is 5.96 Å². The molecule has 0 aromatic carbocycles. The molecule has 0 aliphatic carbocycles. The molecule has 1 amide bonds. The summed E-state index contributed by atoms with van der Waals surface area (Å²) in [6.07, 6.45) is 3.02. The first kappa shape index (κ1) is 24.1. The van der Waals surface area contributed by atoms with Crippen LogP contribution in [-0.2, 0) is 4.79 Å². The second-order valence-corrected chi connectivity index (χ2v) is 7.25. The van der Waals surface area contributed by atoms with E-state index in [2.05, 4.69) is 35.8 Å². The second-order valence-electron chi connectivity index (χ2n) is 6.85. The number of aromatic nitrogens is 2. The SMILES string of the molecule is CN=C(NCCC(=O)Nc1cccc(C)n1)NC1CCN(c2ncccc2Cl)C1.I. The molecule has 162 valence electrons. The van der Waals surface area contributed by atoms with E-state index < -0.39 is 0 Å². The van der Waals surface area contributed by atoms with Crippen LogP contribution in [-0.4, -0.2) is 54.6 Å². The highest BCUT2D eigenvalue weighted by atomic mass is 127. The number of aliphatic imine (C=N–C) groups is 1. The third-order valence-electron chi connectivity index (χ3n) is 4.59. The average molecular weight is 544 g/mol. The number of halogens is 2. The lowest BCUT2D eigenvalue weighted by molar-refractivity contribution is -0.116. The molecule has 1 atom stereocenters. The molecule has 0 spiro atoms. The van der Waals surface area contributed by atoms with Crippen LogP contribution >= 0.6 is 35.6 Å². The zero-order valence-electron chi connectivity index (χ0n) is 17.1. The number of rotatable bonds is 6. The van der Waals surface area contributed by atoms with Gasteiger partial charge in [0, 0.05) is 51.0 Å². The Bertz CT molecular complexity index is 880. The van der Waals surface area contributed by atoms with E-state index in [9.17, 15) is 4.79 Å². The Morgan fingerprint density at radius 1 is 1.33 bits per heavy atom. The van der Waals surface area contributed by atoms with E-state index in [1.165, 1.54) is 0 Å². The van der Waals surface area contributed by atoms with Gasteiger partial charge in [0.05, 0.1) is 5.02 Å². The van der Waals surface area contributed by atoms with Gasteiger partial charge >= 0.3 is 0 Å². The van der Waals surface area contributed by atoms with Crippen LogP contribution in [0.4, 0.5) is 11.6 Å². The molecule has 0 saturated carbocycles. The van der Waals surface area contributed by atoms with Crippen LogP contribution in [0.15, 0.2) is 41.5 Å². The number of carbonyl (C=O) groups excluding carboxylic acids is 1. The Balaban J connectivity index is 0.00000320. The number of hydrogen-bond acceptors (Lipinski definition) is 5. The van der Waals surface area contributed by atoms with Crippen LogP contribution in [0.2, 0.25) is 5.02 Å². The molecule has 3 heterocycles. The van der Waals surface area contributed by atoms with Crippen LogP contribution in [0.3, 0.4) is 0 Å². The van der Waals surface area contributed by atoms with Gasteiger partial charge in [-0.15, -0.1) is 24.0 Å². The molecule has 2 aromatic heterocycles. The van der Waals surface area contributed by atoms with Gasteiger partial charge in [0.25, 0.3) is 0 Å². The number of aryl methyl sites for hydroxylation is 1. The van der Waals surface area contributed by atoms with Gasteiger partial charge < -0.3 is 20.9 Å². The summed E-state index contributed by atoms with van der Waals surface area (Å²) in [7, 11) is 1.72. The lowest BCUT2D eigenvalue weighted by atomic mass is 10.3. The Labute approximate surface area is 198 Å². The number of carbonyl (C=O) groups is 1. The Morgan fingerprint density at radius 3 is 2.90 bits per heavy atom. The number of pyridine rings is 2. The van der Waals surface area contributed by atoms with E-state index in [1.807, 2.05) is 31.2 Å². The number of amides is 1. The number of nitrogens with one attached hydrogen (secondary N) is 3. The summed E-state index contributed by atoms with van der Waals surface area (Å²) >= 11 is 6.25. The van der Waals surface area contributed by atoms with Crippen molar-refractivity contribution in [1.29, 1.82) is 0 Å². The lowest BCUT2D eigenvalue weighted by Crippen LogP contribution is -2.45. The average Bonchev–Trinajstić information content (AvgIpc) is 3.16. The molecule has 1 aliphatic heterocycles. The standard InChI is InChI=1S/C20H26ClN7O.HI/c1-14-5-3-7-17(25-14)27-18(29)8-11-24-20(22-2)26-15-9-12-28(13-15)19-16(21)6-4-10-23-19;/h3-7,10,15H,8-9,11-13H2,1-2H3,(H2,22,24,26)(H,25,27,29);1H. The molecule has 30 heavy (non-hydrogen) atoms. The van der Waals surface area contributed by atoms with Crippen molar-refractivity contribution in [3.63, 3.8) is 0 Å². The minimum absolute atomic E-state index is 0. The first-order valence-electron chi connectivity index (χ1n) is 9.61. The third kappa shape index (κ3) is 6.98. The molecule has 8 nitrogen and oxygen atoms in total. The lowest BCUT2D eigenvalue weighted by Gasteiger charge is -2.20. The summed E-state index contributed by atoms with van der Waals surface area (Å²) < 4.78 is 0. The largest absolute Gasteiger partial charge is 0.356 e. The highest BCUT2D eigenvalue weighted by Gasteiger charge is 2.25. The van der Waals surface area contributed by atoms with Crippen molar-refractivity contribution < 1.29 is 4.79 Å². The summed E-state index contributed by atoms with van der Waals surface area (Å²) in [4.78, 5) is 27.1. The highest BCUT2D eigenvalue weighted by Crippen LogP contribution is 2.25. The Hall–Kier alpha value is -2.14. The molecular weight excluding hydrogens is 517 g/mol. The van der Waals surface area contributed by atoms with E-state index in [0.717, 1.165) is 31.0 Å². The summed E-state index contributed by atoms with van der Waals surface area (Å²) in [5, 5.41) is 10.0. The third-order valence-corrected chi connectivity index (χ3v) is 4.89. The molecule has 10 heteroatoms. The molecule has 0 bridgehead atoms. The Kier molecular flexibility index (Phi) is 9.57. The minimum Gasteiger partial charge on any atom is -0.356 e. The van der Waals surface area contributed by atoms with Crippen molar-refractivity contribution in [2.24, 2.45) is 4.99 Å². The summed E-state index contributed by atoms with van der Waals surface area (Å²) in [5.41, 5.74) is 0.864. The summed E-state index contributed by atoms with van der Waals surface area (Å²) in [5.74, 6) is 1.95. The van der Waals surface area contributed by atoms with E-state index >= 15 is 0 Å². The monoisotopic (exact) mass is 543 g/mol. The van der Waals surface area contributed by atoms with Gasteiger partial charge in [-0.3, -0.25) is 9.79 Å². The van der Waals surface area contributed by atoms with Crippen molar-refractivity contribution in [1.82, 2.24) is 20.6 Å². The molecule has 3 rings (SSSR count). The van der Waals surface area contributed by atoms with Crippen molar-refractivity contribution in [3.05, 3.63) is 47.2 Å². The van der Waals surface area contributed by atoms with Crippen molar-refractivity contribution in [3.8, 4) is 0 Å². The van der Waals surface area contributed by atoms with Crippen molar-refractivity contribution in [2.75, 3.05) is 36.9 Å². The fourth-order valence-electron chi connectivity index (χ4n) is 3.18. The maximum Gasteiger partial charge on any atom is 0.227 e. The predicted octanol–water partition coefficient (Wildman–Crippen LogP) is 2.83. The van der Waals surface area contributed by atoms with Crippen LogP contribution in [0.25, 0.3) is 0 Å². The quantitative estimate of drug-likeness (QED) is 0.295. The smallest absolute Gasteiger partial charge is 0.227 e. The van der Waals surface area contributed by atoms with E-state index in [4.69, 9.17) is 11.6 Å². The van der Waals surface area contributed by atoms with Gasteiger partial charge in [-0.05, 0) is 37.6 Å². The summed E-state index contributed by atoms with van der Waals surface area (Å²) in [6, 6.07) is 9.43. The van der Waals surface area contributed by atoms with Gasteiger partial charge in [0.2, 0.25) is 5.91 Å². The normalized spacial score (nSPS) is 16.0. The van der Waals surface area contributed by atoms with Gasteiger partial charge in [-0.1, -0.05) is 17.7 Å². The first-order chi connectivity index (χ1) is 14.0.